The number of hydrogen-bond donors (Lipinski definition) is 5. The van der Waals surface area contributed by atoms with Crippen LogP contribution in [0.2, 0.25) is 0 Å². The van der Waals surface area contributed by atoms with Gasteiger partial charge in [-0.2, -0.15) is 0 Å². The molecule has 13 atom stereocenters. The van der Waals surface area contributed by atoms with Gasteiger partial charge in [0.25, 0.3) is 0 Å². The van der Waals surface area contributed by atoms with Crippen molar-refractivity contribution in [2.75, 3.05) is 48.8 Å². The molecule has 13 unspecified atom stereocenters. The lowest BCUT2D eigenvalue weighted by Gasteiger charge is -2.41. The number of carbonyl (C=O) groups excluding carboxylic acids is 11. The van der Waals surface area contributed by atoms with Gasteiger partial charge < -0.3 is 55.8 Å². The molecule has 0 spiro atoms. The molecule has 1 fully saturated rings. The first kappa shape index (κ1) is 77.1. The second-order valence-corrected chi connectivity index (χ2v) is 26.4. The summed E-state index contributed by atoms with van der Waals surface area (Å²) in [6.07, 6.45) is 3.19. The smallest absolute Gasteiger partial charge is 0.246 e. The first-order valence-corrected chi connectivity index (χ1v) is 30.8. The van der Waals surface area contributed by atoms with Crippen LogP contribution >= 0.6 is 0 Å². The van der Waals surface area contributed by atoms with E-state index in [1.54, 1.807) is 61.5 Å². The van der Waals surface area contributed by atoms with Crippen molar-refractivity contribution in [1.29, 1.82) is 0 Å². The molecule has 1 saturated heterocycles. The molecule has 0 saturated carbocycles. The van der Waals surface area contributed by atoms with Gasteiger partial charge in [0.15, 0.2) is 5.78 Å². The maximum absolute atomic E-state index is 15.1. The Morgan fingerprint density at radius 1 is 0.494 bits per heavy atom. The Labute approximate surface area is 509 Å². The third-order valence-corrected chi connectivity index (χ3v) is 16.4. The van der Waals surface area contributed by atoms with Gasteiger partial charge >= 0.3 is 0 Å². The van der Waals surface area contributed by atoms with E-state index < -0.39 is 161 Å². The van der Waals surface area contributed by atoms with Crippen molar-refractivity contribution in [1.82, 2.24) is 50.7 Å². The number of nitrogens with zero attached hydrogens (tertiary/aromatic N) is 6. The molecule has 22 heteroatoms. The number of hydrogen-bond acceptors (Lipinski definition) is 12. The van der Waals surface area contributed by atoms with Crippen molar-refractivity contribution >= 4 is 64.9 Å². The molecule has 1 rings (SSSR count). The van der Waals surface area contributed by atoms with Gasteiger partial charge in [-0.25, -0.2) is 0 Å². The number of Topliss-reactive ketones (excluding diaryl/α,β-unsaturated/α-hetero) is 1. The second-order valence-electron chi connectivity index (χ2n) is 26.4. The quantitative estimate of drug-likeness (QED) is 0.144. The number of nitrogens with one attached hydrogen (secondary N) is 4. The van der Waals surface area contributed by atoms with Crippen LogP contribution in [0.1, 0.15) is 163 Å². The van der Waals surface area contributed by atoms with Crippen molar-refractivity contribution in [3.63, 3.8) is 0 Å². The largest absolute Gasteiger partial charge is 0.390 e. The maximum atomic E-state index is 15.1. The van der Waals surface area contributed by atoms with Gasteiger partial charge in [-0.1, -0.05) is 116 Å². The van der Waals surface area contributed by atoms with Crippen molar-refractivity contribution in [2.45, 2.75) is 224 Å². The molecule has 1 aliphatic rings. The highest BCUT2D eigenvalue weighted by atomic mass is 16.3. The van der Waals surface area contributed by atoms with Gasteiger partial charge in [0.1, 0.15) is 48.3 Å². The molecule has 10 amide bonds. The van der Waals surface area contributed by atoms with Crippen LogP contribution in [-0.2, 0) is 52.7 Å². The fraction of sp³-hybridized carbons (Fsp3) is 0.794. The lowest BCUT2D eigenvalue weighted by molar-refractivity contribution is -0.156. The number of aliphatic hydroxyl groups is 1. The zero-order valence-corrected chi connectivity index (χ0v) is 56.2. The summed E-state index contributed by atoms with van der Waals surface area (Å²) in [5.74, 6) is -11.3. The Morgan fingerprint density at radius 3 is 1.42 bits per heavy atom. The van der Waals surface area contributed by atoms with Crippen molar-refractivity contribution < 1.29 is 57.8 Å². The fourth-order valence-corrected chi connectivity index (χ4v) is 11.0. The first-order chi connectivity index (χ1) is 39.2. The number of carbonyl (C=O) groups is 11. The molecule has 5 N–H and O–H groups in total. The molecule has 486 valence electrons. The second kappa shape index (κ2) is 35.0. The summed E-state index contributed by atoms with van der Waals surface area (Å²) in [5, 5.41) is 23.1. The van der Waals surface area contributed by atoms with Crippen LogP contribution < -0.4 is 21.3 Å². The molecule has 0 aromatic rings. The van der Waals surface area contributed by atoms with Gasteiger partial charge in [0, 0.05) is 54.1 Å². The fourth-order valence-electron chi connectivity index (χ4n) is 11.0. The van der Waals surface area contributed by atoms with Crippen LogP contribution in [0.3, 0.4) is 0 Å². The normalized spacial score (nSPS) is 27.8. The van der Waals surface area contributed by atoms with Crippen LogP contribution in [-0.4, -0.2) is 209 Å². The van der Waals surface area contributed by atoms with Gasteiger partial charge in [-0.3, -0.25) is 52.7 Å². The molecule has 22 nitrogen and oxygen atoms in total. The van der Waals surface area contributed by atoms with Gasteiger partial charge in [0.05, 0.1) is 18.7 Å². The highest BCUT2D eigenvalue weighted by molar-refractivity contribution is 6.00. The topological polar surface area (TPSA) is 276 Å². The third kappa shape index (κ3) is 21.8. The minimum Gasteiger partial charge on any atom is -0.390 e. The van der Waals surface area contributed by atoms with Crippen molar-refractivity contribution in [3.8, 4) is 0 Å². The van der Waals surface area contributed by atoms with E-state index in [1.807, 2.05) is 61.5 Å². The van der Waals surface area contributed by atoms with Crippen LogP contribution in [0.5, 0.6) is 0 Å². The van der Waals surface area contributed by atoms with E-state index in [0.29, 0.717) is 6.42 Å². The molecule has 85 heavy (non-hydrogen) atoms. The number of likely N-dealkylation sites (N-methyl/N-ethyl adjacent to an activating group) is 6. The van der Waals surface area contributed by atoms with Gasteiger partial charge in [0.2, 0.25) is 59.1 Å². The summed E-state index contributed by atoms with van der Waals surface area (Å²) in [6, 6.07) is -11.0. The molecule has 0 aromatic carbocycles. The monoisotopic (exact) mass is 1200 g/mol. The van der Waals surface area contributed by atoms with Crippen LogP contribution in [0.15, 0.2) is 12.2 Å². The zero-order valence-electron chi connectivity index (χ0n) is 56.2. The SMILES string of the molecule is C/C=C/CC(C)C(O)C1C(=O)NC(CC)C(=O)N(C)CC(=O)N(C)C(CC(C)C)C(=O)NC(C(C)C)C(=O)N(C)C(CC(C)C)C(=O)NC(C)C(=O)NC(C)C(=O)N(C)C(CC(C)C)C(=O)C(C)C(CC(C)C)C(=O)N(C)C(C(C)C)C(=O)N1C. The maximum Gasteiger partial charge on any atom is 0.246 e. The van der Waals surface area contributed by atoms with E-state index in [1.165, 1.54) is 75.7 Å². The predicted octanol–water partition coefficient (Wildman–Crippen LogP) is 4.26. The number of allylic oxidation sites excluding steroid dienone is 2. The van der Waals surface area contributed by atoms with Gasteiger partial charge in [-0.05, 0) is 101 Å². The Balaban J connectivity index is 4.32. The summed E-state index contributed by atoms with van der Waals surface area (Å²) in [7, 11) is 8.52. The summed E-state index contributed by atoms with van der Waals surface area (Å²) < 4.78 is 0. The number of amides is 10. The Hall–Kier alpha value is -5.93. The molecule has 0 aliphatic carbocycles. The van der Waals surface area contributed by atoms with E-state index in [-0.39, 0.29) is 55.8 Å². The summed E-state index contributed by atoms with van der Waals surface area (Å²) in [5.41, 5.74) is 0. The average Bonchev–Trinajstić information content (AvgIpc) is 3.62. The third-order valence-electron chi connectivity index (χ3n) is 16.4. The lowest BCUT2D eigenvalue weighted by Crippen LogP contribution is -2.62. The molecule has 0 bridgehead atoms. The number of rotatable bonds is 15. The van der Waals surface area contributed by atoms with E-state index in [0.717, 1.165) is 9.80 Å². The van der Waals surface area contributed by atoms with E-state index in [2.05, 4.69) is 21.3 Å². The van der Waals surface area contributed by atoms with Crippen LogP contribution in [0, 0.1) is 53.3 Å². The molecule has 1 heterocycles. The lowest BCUT2D eigenvalue weighted by atomic mass is 9.79. The molecular formula is C63H112N10O12. The van der Waals surface area contributed by atoms with E-state index in [9.17, 15) is 43.5 Å². The minimum absolute atomic E-state index is 0.0275. The van der Waals surface area contributed by atoms with Crippen LogP contribution in [0.4, 0.5) is 0 Å². The standard InChI is InChI=1S/C63H112N10O12/c1-25-27-28-40(15)53(75)52-58(80)66-45(26-2)61(83)68(19)33-49(74)69(20)47(31-36(7)8)57(79)67-50(38(11)12)62(84)71(22)48(32-37(9)10)56(78)64-42(17)55(77)65-43(18)59(81)70(21)46(30-35(5)6)54(76)41(16)44(29-34(3)4)60(82)72(23)51(39(13)14)63(85)73(52)24/h25,27,34-48,50-53,75H,26,28-33H2,1-24H3,(H,64,78)(H,65,77)(H,66,80)(H,67,79)/b27-25+. The summed E-state index contributed by atoms with van der Waals surface area (Å²) in [6.45, 7) is 31.1. The van der Waals surface area contributed by atoms with E-state index in [4.69, 9.17) is 0 Å². The zero-order chi connectivity index (χ0) is 66.0. The van der Waals surface area contributed by atoms with Crippen molar-refractivity contribution in [3.05, 3.63) is 12.2 Å². The highest BCUT2D eigenvalue weighted by Crippen LogP contribution is 2.30. The van der Waals surface area contributed by atoms with Gasteiger partial charge in [-0.15, -0.1) is 0 Å². The van der Waals surface area contributed by atoms with E-state index >= 15 is 14.4 Å². The molecule has 1 aliphatic heterocycles. The highest BCUT2D eigenvalue weighted by Gasteiger charge is 2.46. The average molecular weight is 1200 g/mol. The first-order valence-electron chi connectivity index (χ1n) is 30.8. The Morgan fingerprint density at radius 2 is 0.953 bits per heavy atom. The predicted molar refractivity (Wildman–Crippen MR) is 330 cm³/mol. The van der Waals surface area contributed by atoms with Crippen molar-refractivity contribution in [2.24, 2.45) is 53.3 Å². The van der Waals surface area contributed by atoms with Crippen LogP contribution in [0.25, 0.3) is 0 Å². The minimum atomic E-state index is -1.60. The molecule has 0 radical (unpaired) electrons. The molecule has 0 aromatic heterocycles. The summed E-state index contributed by atoms with van der Waals surface area (Å²) >= 11 is 0. The Bertz CT molecular complexity index is 2320. The Kier molecular flexibility index (Phi) is 31.8. The summed E-state index contributed by atoms with van der Waals surface area (Å²) in [4.78, 5) is 168. The number of aliphatic hydroxyl groups excluding tert-OH is 1. The molecular weight excluding hydrogens is 1090 g/mol. The number of ketones is 1.